The van der Waals surface area contributed by atoms with Crippen LogP contribution in [0.25, 0.3) is 0 Å². The minimum atomic E-state index is -3.66. The molecule has 176 valence electrons. The molecule has 1 aromatic heterocycles. The maximum atomic E-state index is 12.9. The average Bonchev–Trinajstić information content (AvgIpc) is 2.84. The largest absolute Gasteiger partial charge is 0.337 e. The van der Waals surface area contributed by atoms with Crippen molar-refractivity contribution in [1.82, 2.24) is 14.9 Å². The zero-order valence-electron chi connectivity index (χ0n) is 18.5. The van der Waals surface area contributed by atoms with Crippen LogP contribution in [0.4, 0.5) is 11.6 Å². The van der Waals surface area contributed by atoms with Crippen molar-refractivity contribution < 1.29 is 18.0 Å². The number of carbonyl (C=O) groups excluding carboxylic acids is 2. The normalized spacial score (nSPS) is 14.0. The van der Waals surface area contributed by atoms with E-state index in [1.54, 1.807) is 78.0 Å². The summed E-state index contributed by atoms with van der Waals surface area (Å²) < 4.78 is 24.9. The summed E-state index contributed by atoms with van der Waals surface area (Å²) in [5.74, 6) is -0.932. The summed E-state index contributed by atoms with van der Waals surface area (Å²) in [6, 6.07) is 17.0. The molecule has 0 saturated carbocycles. The van der Waals surface area contributed by atoms with E-state index in [4.69, 9.17) is 0 Å². The van der Waals surface area contributed by atoms with Gasteiger partial charge in [-0.1, -0.05) is 30.3 Å². The predicted octanol–water partition coefficient (Wildman–Crippen LogP) is 1.99. The van der Waals surface area contributed by atoms with Crippen molar-refractivity contribution in [1.29, 1.82) is 0 Å². The van der Waals surface area contributed by atoms with Gasteiger partial charge in [0.2, 0.25) is 11.9 Å². The highest BCUT2D eigenvalue weighted by molar-refractivity contribution is 7.91. The fourth-order valence-corrected chi connectivity index (χ4v) is 4.99. The summed E-state index contributed by atoms with van der Waals surface area (Å²) in [5, 5.41) is 2.58. The molecule has 0 aliphatic carbocycles. The van der Waals surface area contributed by atoms with E-state index in [0.717, 1.165) is 0 Å². The van der Waals surface area contributed by atoms with Gasteiger partial charge in [0.05, 0.1) is 5.75 Å². The van der Waals surface area contributed by atoms with Gasteiger partial charge in [0.1, 0.15) is 5.75 Å². The monoisotopic (exact) mass is 479 g/mol. The van der Waals surface area contributed by atoms with Crippen molar-refractivity contribution in [3.63, 3.8) is 0 Å². The van der Waals surface area contributed by atoms with E-state index in [0.29, 0.717) is 48.9 Å². The van der Waals surface area contributed by atoms with Crippen LogP contribution in [0.1, 0.15) is 15.9 Å². The van der Waals surface area contributed by atoms with E-state index >= 15 is 0 Å². The van der Waals surface area contributed by atoms with Crippen molar-refractivity contribution in [2.45, 2.75) is 5.75 Å². The fraction of sp³-hybridized carbons (Fsp3) is 0.250. The number of anilines is 2. The predicted molar refractivity (Wildman–Crippen MR) is 129 cm³/mol. The number of rotatable bonds is 7. The summed E-state index contributed by atoms with van der Waals surface area (Å²) in [7, 11) is -3.66. The van der Waals surface area contributed by atoms with Gasteiger partial charge in [-0.25, -0.2) is 18.4 Å². The third-order valence-electron chi connectivity index (χ3n) is 5.40. The highest BCUT2D eigenvalue weighted by atomic mass is 32.2. The van der Waals surface area contributed by atoms with E-state index in [1.807, 2.05) is 4.90 Å². The average molecular weight is 480 g/mol. The number of piperazine rings is 1. The van der Waals surface area contributed by atoms with Crippen LogP contribution in [-0.4, -0.2) is 67.0 Å². The molecule has 0 radical (unpaired) electrons. The lowest BCUT2D eigenvalue weighted by molar-refractivity contribution is -0.113. The molecule has 1 aliphatic rings. The Bertz CT molecular complexity index is 1230. The summed E-state index contributed by atoms with van der Waals surface area (Å²) in [6.45, 7) is 2.36. The highest BCUT2D eigenvalue weighted by Crippen LogP contribution is 2.15. The van der Waals surface area contributed by atoms with E-state index in [1.165, 1.54) is 0 Å². The molecule has 34 heavy (non-hydrogen) atoms. The summed E-state index contributed by atoms with van der Waals surface area (Å²) in [5.41, 5.74) is 1.56. The van der Waals surface area contributed by atoms with Crippen LogP contribution in [0.15, 0.2) is 73.1 Å². The van der Waals surface area contributed by atoms with Crippen LogP contribution in [-0.2, 0) is 20.4 Å². The van der Waals surface area contributed by atoms with Crippen molar-refractivity contribution in [3.8, 4) is 0 Å². The van der Waals surface area contributed by atoms with Gasteiger partial charge in [-0.15, -0.1) is 0 Å². The number of aromatic nitrogens is 2. The molecule has 1 saturated heterocycles. The zero-order chi connectivity index (χ0) is 24.0. The fourth-order valence-electron chi connectivity index (χ4n) is 3.71. The SMILES string of the molecule is O=C(CS(=O)(=O)Cc1ccc(C(=O)N2CCN(c3ncccn3)CC2)cc1)Nc1ccccc1. The number of carbonyl (C=O) groups is 2. The first-order valence-electron chi connectivity index (χ1n) is 10.9. The Morgan fingerprint density at radius 1 is 0.853 bits per heavy atom. The Labute approximate surface area is 198 Å². The van der Waals surface area contributed by atoms with Crippen LogP contribution in [0.2, 0.25) is 0 Å². The first-order valence-corrected chi connectivity index (χ1v) is 12.7. The first-order chi connectivity index (χ1) is 16.4. The lowest BCUT2D eigenvalue weighted by Crippen LogP contribution is -2.49. The lowest BCUT2D eigenvalue weighted by Gasteiger charge is -2.34. The van der Waals surface area contributed by atoms with Crippen LogP contribution in [0.5, 0.6) is 0 Å². The van der Waals surface area contributed by atoms with Gasteiger partial charge in [0.15, 0.2) is 9.84 Å². The van der Waals surface area contributed by atoms with Crippen LogP contribution in [0, 0.1) is 0 Å². The van der Waals surface area contributed by atoms with Crippen molar-refractivity contribution in [2.75, 3.05) is 42.1 Å². The molecule has 0 unspecified atom stereocenters. The molecule has 1 N–H and O–H groups in total. The second-order valence-corrected chi connectivity index (χ2v) is 10.0. The lowest BCUT2D eigenvalue weighted by atomic mass is 10.1. The van der Waals surface area contributed by atoms with Gasteiger partial charge in [0.25, 0.3) is 5.91 Å². The third-order valence-corrected chi connectivity index (χ3v) is 6.87. The number of hydrogen-bond acceptors (Lipinski definition) is 7. The minimum absolute atomic E-state index is 0.106. The summed E-state index contributed by atoms with van der Waals surface area (Å²) >= 11 is 0. The quantitative estimate of drug-likeness (QED) is 0.551. The number of hydrogen-bond donors (Lipinski definition) is 1. The molecular formula is C24H25N5O4S. The van der Waals surface area contributed by atoms with E-state index in [9.17, 15) is 18.0 Å². The van der Waals surface area contributed by atoms with Gasteiger partial charge in [-0.3, -0.25) is 9.59 Å². The molecule has 0 atom stereocenters. The van der Waals surface area contributed by atoms with E-state index in [-0.39, 0.29) is 11.7 Å². The van der Waals surface area contributed by atoms with Gasteiger partial charge in [0, 0.05) is 49.8 Å². The number of para-hydroxylation sites is 1. The van der Waals surface area contributed by atoms with Gasteiger partial charge < -0.3 is 15.1 Å². The maximum Gasteiger partial charge on any atom is 0.253 e. The molecule has 3 aromatic rings. The molecule has 1 aliphatic heterocycles. The highest BCUT2D eigenvalue weighted by Gasteiger charge is 2.24. The van der Waals surface area contributed by atoms with Crippen LogP contribution < -0.4 is 10.2 Å². The Morgan fingerprint density at radius 3 is 2.15 bits per heavy atom. The number of nitrogens with one attached hydrogen (secondary N) is 1. The van der Waals surface area contributed by atoms with E-state index in [2.05, 4.69) is 15.3 Å². The number of nitrogens with zero attached hydrogens (tertiary/aromatic N) is 4. The molecule has 1 fully saturated rings. The maximum absolute atomic E-state index is 12.9. The Hall–Kier alpha value is -3.79. The Morgan fingerprint density at radius 2 is 1.50 bits per heavy atom. The molecule has 2 heterocycles. The van der Waals surface area contributed by atoms with E-state index < -0.39 is 21.5 Å². The summed E-state index contributed by atoms with van der Waals surface area (Å²) in [4.78, 5) is 37.2. The van der Waals surface area contributed by atoms with Gasteiger partial charge in [-0.2, -0.15) is 0 Å². The Kier molecular flexibility index (Phi) is 7.17. The summed E-state index contributed by atoms with van der Waals surface area (Å²) in [6.07, 6.45) is 3.38. The molecule has 10 heteroatoms. The standard InChI is InChI=1S/C24H25N5O4S/c30-22(27-21-5-2-1-3-6-21)18-34(32,33)17-19-7-9-20(10-8-19)23(31)28-13-15-29(16-14-28)24-25-11-4-12-26-24/h1-12H,13-18H2,(H,27,30). The van der Waals surface area contributed by atoms with Crippen LogP contribution >= 0.6 is 0 Å². The van der Waals surface area contributed by atoms with Gasteiger partial charge in [-0.05, 0) is 35.9 Å². The molecule has 2 amide bonds. The van der Waals surface area contributed by atoms with Gasteiger partial charge >= 0.3 is 0 Å². The Balaban J connectivity index is 1.30. The second kappa shape index (κ2) is 10.4. The molecule has 0 spiro atoms. The van der Waals surface area contributed by atoms with Crippen molar-refractivity contribution in [2.24, 2.45) is 0 Å². The molecule has 0 bridgehead atoms. The minimum Gasteiger partial charge on any atom is -0.337 e. The van der Waals surface area contributed by atoms with Crippen molar-refractivity contribution in [3.05, 3.63) is 84.2 Å². The smallest absolute Gasteiger partial charge is 0.253 e. The molecule has 9 nitrogen and oxygen atoms in total. The zero-order valence-corrected chi connectivity index (χ0v) is 19.3. The third kappa shape index (κ3) is 6.16. The van der Waals surface area contributed by atoms with Crippen LogP contribution in [0.3, 0.4) is 0 Å². The number of amides is 2. The first kappa shape index (κ1) is 23.4. The topological polar surface area (TPSA) is 113 Å². The molecular weight excluding hydrogens is 454 g/mol. The molecule has 2 aromatic carbocycles. The number of benzene rings is 2. The van der Waals surface area contributed by atoms with Crippen molar-refractivity contribution >= 4 is 33.3 Å². The number of sulfone groups is 1. The molecule has 4 rings (SSSR count). The second-order valence-electron chi connectivity index (χ2n) is 7.97.